The third-order valence-electron chi connectivity index (χ3n) is 3.84. The molecular formula is C20H20N2O2S. The van der Waals surface area contributed by atoms with E-state index in [0.717, 1.165) is 22.7 Å². The Labute approximate surface area is 151 Å². The Morgan fingerprint density at radius 2 is 1.84 bits per heavy atom. The molecule has 5 heteroatoms. The molecule has 0 bridgehead atoms. The Kier molecular flexibility index (Phi) is 5.80. The Balaban J connectivity index is 1.52. The summed E-state index contributed by atoms with van der Waals surface area (Å²) in [5.41, 5.74) is 2.84. The SMILES string of the molecule is COc1ccc(Cc2nc(C(=O)NCCc3ccccc3)cs2)cc1. The van der Waals surface area contributed by atoms with Crippen molar-refractivity contribution in [2.45, 2.75) is 12.8 Å². The molecule has 0 saturated carbocycles. The zero-order chi connectivity index (χ0) is 17.5. The van der Waals surface area contributed by atoms with Crippen LogP contribution in [0, 0.1) is 0 Å². The highest BCUT2D eigenvalue weighted by molar-refractivity contribution is 7.09. The number of rotatable bonds is 7. The summed E-state index contributed by atoms with van der Waals surface area (Å²) in [5.74, 6) is 0.717. The summed E-state index contributed by atoms with van der Waals surface area (Å²) in [6.45, 7) is 0.605. The molecule has 0 unspecified atom stereocenters. The second-order valence-corrected chi connectivity index (χ2v) is 6.59. The first kappa shape index (κ1) is 17.2. The van der Waals surface area contributed by atoms with Crippen molar-refractivity contribution in [3.8, 4) is 5.75 Å². The Bertz CT molecular complexity index is 813. The lowest BCUT2D eigenvalue weighted by Gasteiger charge is -2.03. The van der Waals surface area contributed by atoms with E-state index in [0.29, 0.717) is 18.7 Å². The Morgan fingerprint density at radius 1 is 1.08 bits per heavy atom. The van der Waals surface area contributed by atoms with Gasteiger partial charge in [-0.25, -0.2) is 4.98 Å². The van der Waals surface area contributed by atoms with Crippen LogP contribution in [0.1, 0.15) is 26.6 Å². The average Bonchev–Trinajstić information content (AvgIpc) is 3.12. The molecule has 0 aliphatic carbocycles. The molecule has 0 aliphatic rings. The highest BCUT2D eigenvalue weighted by Crippen LogP contribution is 2.17. The van der Waals surface area contributed by atoms with E-state index < -0.39 is 0 Å². The molecule has 1 heterocycles. The maximum absolute atomic E-state index is 12.2. The Morgan fingerprint density at radius 3 is 2.56 bits per heavy atom. The average molecular weight is 352 g/mol. The van der Waals surface area contributed by atoms with Crippen LogP contribution in [0.2, 0.25) is 0 Å². The first-order valence-corrected chi connectivity index (χ1v) is 9.02. The van der Waals surface area contributed by atoms with E-state index in [9.17, 15) is 4.79 Å². The Hall–Kier alpha value is -2.66. The molecule has 128 valence electrons. The van der Waals surface area contributed by atoms with Gasteiger partial charge in [0.25, 0.3) is 5.91 Å². The molecule has 1 N–H and O–H groups in total. The van der Waals surface area contributed by atoms with Gasteiger partial charge in [0.05, 0.1) is 12.1 Å². The number of nitrogens with zero attached hydrogens (tertiary/aromatic N) is 1. The van der Waals surface area contributed by atoms with Gasteiger partial charge >= 0.3 is 0 Å². The van der Waals surface area contributed by atoms with Crippen LogP contribution in [0.25, 0.3) is 0 Å². The maximum Gasteiger partial charge on any atom is 0.270 e. The molecule has 0 spiro atoms. The van der Waals surface area contributed by atoms with Crippen molar-refractivity contribution in [3.05, 3.63) is 81.8 Å². The van der Waals surface area contributed by atoms with Gasteiger partial charge in [-0.3, -0.25) is 4.79 Å². The highest BCUT2D eigenvalue weighted by Gasteiger charge is 2.10. The van der Waals surface area contributed by atoms with E-state index in [1.807, 2.05) is 47.8 Å². The molecule has 0 fully saturated rings. The van der Waals surface area contributed by atoms with Crippen LogP contribution in [0.5, 0.6) is 5.75 Å². The number of aromatic nitrogens is 1. The van der Waals surface area contributed by atoms with Gasteiger partial charge in [0.1, 0.15) is 11.4 Å². The molecule has 25 heavy (non-hydrogen) atoms. The summed E-state index contributed by atoms with van der Waals surface area (Å²) in [4.78, 5) is 16.6. The summed E-state index contributed by atoms with van der Waals surface area (Å²) in [6, 6.07) is 18.0. The van der Waals surface area contributed by atoms with E-state index in [4.69, 9.17) is 4.74 Å². The molecule has 3 aromatic rings. The molecule has 0 saturated heterocycles. The van der Waals surface area contributed by atoms with Gasteiger partial charge in [-0.2, -0.15) is 0 Å². The van der Waals surface area contributed by atoms with Crippen LogP contribution in [0.3, 0.4) is 0 Å². The van der Waals surface area contributed by atoms with Gasteiger partial charge in [-0.05, 0) is 29.7 Å². The minimum atomic E-state index is -0.117. The lowest BCUT2D eigenvalue weighted by molar-refractivity contribution is 0.0949. The van der Waals surface area contributed by atoms with E-state index in [2.05, 4.69) is 22.4 Å². The van der Waals surface area contributed by atoms with Crippen molar-refractivity contribution < 1.29 is 9.53 Å². The third kappa shape index (κ3) is 4.90. The van der Waals surface area contributed by atoms with Gasteiger partial charge in [0.2, 0.25) is 0 Å². The smallest absolute Gasteiger partial charge is 0.270 e. The quantitative estimate of drug-likeness (QED) is 0.705. The predicted octanol–water partition coefficient (Wildman–Crippen LogP) is 3.72. The summed E-state index contributed by atoms with van der Waals surface area (Å²) in [5, 5.41) is 5.67. The number of ether oxygens (including phenoxy) is 1. The van der Waals surface area contributed by atoms with E-state index in [-0.39, 0.29) is 5.91 Å². The fourth-order valence-corrected chi connectivity index (χ4v) is 3.28. The standard InChI is InChI=1S/C20H20N2O2S/c1-24-17-9-7-16(8-10-17)13-19-22-18(14-25-19)20(23)21-12-11-15-5-3-2-4-6-15/h2-10,14H,11-13H2,1H3,(H,21,23). The number of benzene rings is 2. The van der Waals surface area contributed by atoms with Gasteiger partial charge in [0, 0.05) is 18.3 Å². The third-order valence-corrected chi connectivity index (χ3v) is 4.69. The van der Waals surface area contributed by atoms with Gasteiger partial charge in [-0.15, -0.1) is 11.3 Å². The number of thiazole rings is 1. The highest BCUT2D eigenvalue weighted by atomic mass is 32.1. The van der Waals surface area contributed by atoms with E-state index >= 15 is 0 Å². The molecule has 1 amide bonds. The topological polar surface area (TPSA) is 51.2 Å². The maximum atomic E-state index is 12.2. The first-order valence-electron chi connectivity index (χ1n) is 8.14. The fourth-order valence-electron chi connectivity index (χ4n) is 2.47. The molecule has 4 nitrogen and oxygen atoms in total. The monoisotopic (exact) mass is 352 g/mol. The van der Waals surface area contributed by atoms with Crippen LogP contribution in [-0.4, -0.2) is 24.5 Å². The van der Waals surface area contributed by atoms with Gasteiger partial charge < -0.3 is 10.1 Å². The largest absolute Gasteiger partial charge is 0.497 e. The van der Waals surface area contributed by atoms with Crippen LogP contribution in [-0.2, 0) is 12.8 Å². The predicted molar refractivity (Wildman–Crippen MR) is 100 cm³/mol. The molecule has 0 aliphatic heterocycles. The first-order chi connectivity index (χ1) is 12.2. The number of hydrogen-bond donors (Lipinski definition) is 1. The van der Waals surface area contributed by atoms with Crippen LogP contribution < -0.4 is 10.1 Å². The second kappa shape index (κ2) is 8.44. The second-order valence-electron chi connectivity index (χ2n) is 5.64. The summed E-state index contributed by atoms with van der Waals surface area (Å²) < 4.78 is 5.16. The molecule has 0 atom stereocenters. The molecular weight excluding hydrogens is 332 g/mol. The lowest BCUT2D eigenvalue weighted by Crippen LogP contribution is -2.26. The summed E-state index contributed by atoms with van der Waals surface area (Å²) in [6.07, 6.45) is 1.53. The lowest BCUT2D eigenvalue weighted by atomic mass is 10.1. The van der Waals surface area contributed by atoms with E-state index in [1.54, 1.807) is 7.11 Å². The minimum absolute atomic E-state index is 0.117. The zero-order valence-electron chi connectivity index (χ0n) is 14.1. The molecule has 0 radical (unpaired) electrons. The van der Waals surface area contributed by atoms with Gasteiger partial charge in [-0.1, -0.05) is 42.5 Å². The number of amides is 1. The van der Waals surface area contributed by atoms with Crippen molar-refractivity contribution in [3.63, 3.8) is 0 Å². The fraction of sp³-hybridized carbons (Fsp3) is 0.200. The molecule has 3 rings (SSSR count). The number of carbonyl (C=O) groups excluding carboxylic acids is 1. The number of hydrogen-bond acceptors (Lipinski definition) is 4. The number of methoxy groups -OCH3 is 1. The summed E-state index contributed by atoms with van der Waals surface area (Å²) >= 11 is 1.51. The van der Waals surface area contributed by atoms with E-state index in [1.165, 1.54) is 16.9 Å². The minimum Gasteiger partial charge on any atom is -0.497 e. The van der Waals surface area contributed by atoms with Gasteiger partial charge in [0.15, 0.2) is 0 Å². The van der Waals surface area contributed by atoms with Crippen molar-refractivity contribution in [2.24, 2.45) is 0 Å². The normalized spacial score (nSPS) is 10.4. The van der Waals surface area contributed by atoms with Crippen molar-refractivity contribution in [1.82, 2.24) is 10.3 Å². The van der Waals surface area contributed by atoms with Crippen molar-refractivity contribution >= 4 is 17.2 Å². The number of carbonyl (C=O) groups is 1. The van der Waals surface area contributed by atoms with Crippen molar-refractivity contribution in [2.75, 3.05) is 13.7 Å². The van der Waals surface area contributed by atoms with Crippen LogP contribution in [0.15, 0.2) is 60.0 Å². The number of nitrogens with one attached hydrogen (secondary N) is 1. The summed E-state index contributed by atoms with van der Waals surface area (Å²) in [7, 11) is 1.65. The van der Waals surface area contributed by atoms with Crippen LogP contribution in [0.4, 0.5) is 0 Å². The van der Waals surface area contributed by atoms with Crippen molar-refractivity contribution in [1.29, 1.82) is 0 Å². The van der Waals surface area contributed by atoms with Crippen LogP contribution >= 0.6 is 11.3 Å². The zero-order valence-corrected chi connectivity index (χ0v) is 14.9. The molecule has 2 aromatic carbocycles. The molecule has 1 aromatic heterocycles.